The number of guanidine groups is 1. The van der Waals surface area contributed by atoms with Crippen molar-refractivity contribution in [3.63, 3.8) is 0 Å². The van der Waals surface area contributed by atoms with Crippen LogP contribution in [0.4, 0.5) is 0 Å². The number of likely N-dealkylation sites (tertiary alicyclic amines) is 1. The van der Waals surface area contributed by atoms with E-state index in [-0.39, 0.29) is 29.9 Å². The van der Waals surface area contributed by atoms with E-state index in [2.05, 4.69) is 24.1 Å². The lowest BCUT2D eigenvalue weighted by atomic mass is 9.82. The summed E-state index contributed by atoms with van der Waals surface area (Å²) in [5.41, 5.74) is 0.424. The van der Waals surface area contributed by atoms with Crippen molar-refractivity contribution < 1.29 is 8.42 Å². The molecule has 0 aromatic carbocycles. The van der Waals surface area contributed by atoms with Crippen LogP contribution in [-0.4, -0.2) is 56.5 Å². The van der Waals surface area contributed by atoms with Gasteiger partial charge < -0.3 is 10.2 Å². The third-order valence-electron chi connectivity index (χ3n) is 8.12. The van der Waals surface area contributed by atoms with Crippen molar-refractivity contribution in [2.24, 2.45) is 28.2 Å². The highest BCUT2D eigenvalue weighted by Gasteiger charge is 2.42. The molecule has 0 amide bonds. The lowest BCUT2D eigenvalue weighted by molar-refractivity contribution is 0.273. The Balaban J connectivity index is 0.00000225. The van der Waals surface area contributed by atoms with E-state index in [9.17, 15) is 8.42 Å². The van der Waals surface area contributed by atoms with Crippen LogP contribution in [0.15, 0.2) is 4.99 Å². The van der Waals surface area contributed by atoms with E-state index in [1.54, 1.807) is 0 Å². The first-order valence-electron chi connectivity index (χ1n) is 11.2. The van der Waals surface area contributed by atoms with E-state index in [0.29, 0.717) is 29.5 Å². The Bertz CT molecular complexity index is 677. The first-order chi connectivity index (χ1) is 12.9. The smallest absolute Gasteiger partial charge is 0.194 e. The van der Waals surface area contributed by atoms with Crippen LogP contribution in [-0.2, 0) is 9.84 Å². The summed E-state index contributed by atoms with van der Waals surface area (Å²) in [5, 5.41) is 3.85. The van der Waals surface area contributed by atoms with Gasteiger partial charge in [0.25, 0.3) is 0 Å². The first-order valence-corrected chi connectivity index (χ1v) is 13.0. The minimum Gasteiger partial charge on any atom is -0.353 e. The maximum Gasteiger partial charge on any atom is 0.194 e. The molecule has 2 aliphatic heterocycles. The summed E-state index contributed by atoms with van der Waals surface area (Å²) in [5.74, 6) is 3.68. The van der Waals surface area contributed by atoms with Crippen molar-refractivity contribution in [3.05, 3.63) is 0 Å². The summed E-state index contributed by atoms with van der Waals surface area (Å²) >= 11 is 0. The second-order valence-electron chi connectivity index (χ2n) is 9.74. The van der Waals surface area contributed by atoms with Crippen molar-refractivity contribution >= 4 is 39.8 Å². The topological polar surface area (TPSA) is 61.8 Å². The standard InChI is InChI=1S/C21H37N3O2S.HI/c1-3-21(4-2)8-9-24(15-21)20(22-13-17-7-10-27(25,26)14-17)23-19-12-16-5-6-18(19)11-16;/h16-19H,3-15H2,1-2H3,(H,22,23);1H. The van der Waals surface area contributed by atoms with Crippen molar-refractivity contribution in [1.82, 2.24) is 10.2 Å². The molecule has 2 heterocycles. The largest absolute Gasteiger partial charge is 0.353 e. The van der Waals surface area contributed by atoms with Crippen LogP contribution in [0.3, 0.4) is 0 Å². The quantitative estimate of drug-likeness (QED) is 0.339. The molecule has 4 fully saturated rings. The van der Waals surface area contributed by atoms with Gasteiger partial charge in [0.1, 0.15) is 0 Å². The van der Waals surface area contributed by atoms with Gasteiger partial charge in [0, 0.05) is 25.7 Å². The average Bonchev–Trinajstić information content (AvgIpc) is 3.42. The van der Waals surface area contributed by atoms with Crippen LogP contribution in [0.2, 0.25) is 0 Å². The maximum absolute atomic E-state index is 11.8. The Morgan fingerprint density at radius 2 is 1.96 bits per heavy atom. The summed E-state index contributed by atoms with van der Waals surface area (Å²) in [6, 6.07) is 0.577. The van der Waals surface area contributed by atoms with E-state index in [0.717, 1.165) is 37.3 Å². The van der Waals surface area contributed by atoms with Crippen LogP contribution in [0.1, 0.15) is 65.2 Å². The SMILES string of the molecule is CCC1(CC)CCN(C(=NCC2CCS(=O)(=O)C2)NC2CC3CCC2C3)C1.I. The minimum absolute atomic E-state index is 0. The summed E-state index contributed by atoms with van der Waals surface area (Å²) < 4.78 is 23.6. The third-order valence-corrected chi connectivity index (χ3v) is 9.95. The van der Waals surface area contributed by atoms with E-state index >= 15 is 0 Å². The zero-order valence-corrected chi connectivity index (χ0v) is 20.7. The van der Waals surface area contributed by atoms with Gasteiger partial charge in [-0.15, -0.1) is 24.0 Å². The van der Waals surface area contributed by atoms with Crippen LogP contribution >= 0.6 is 24.0 Å². The average molecular weight is 524 g/mol. The number of aliphatic imine (C=N–C) groups is 1. The molecule has 4 atom stereocenters. The molecule has 0 spiro atoms. The number of sulfone groups is 1. The lowest BCUT2D eigenvalue weighted by Gasteiger charge is -2.31. The van der Waals surface area contributed by atoms with Crippen LogP contribution < -0.4 is 5.32 Å². The highest BCUT2D eigenvalue weighted by atomic mass is 127. The molecule has 5 nitrogen and oxygen atoms in total. The zero-order chi connectivity index (χ0) is 19.1. The summed E-state index contributed by atoms with van der Waals surface area (Å²) in [6.45, 7) is 7.46. The second-order valence-corrected chi connectivity index (χ2v) is 12.0. The van der Waals surface area contributed by atoms with Gasteiger partial charge in [-0.05, 0) is 68.1 Å². The van der Waals surface area contributed by atoms with Crippen molar-refractivity contribution in [2.75, 3.05) is 31.1 Å². The molecule has 7 heteroatoms. The van der Waals surface area contributed by atoms with E-state index in [1.165, 1.54) is 44.9 Å². The Labute approximate surface area is 188 Å². The fourth-order valence-electron chi connectivity index (χ4n) is 6.00. The van der Waals surface area contributed by atoms with Gasteiger partial charge in [0.05, 0.1) is 11.5 Å². The summed E-state index contributed by atoms with van der Waals surface area (Å²) in [7, 11) is -2.82. The van der Waals surface area contributed by atoms with Crippen molar-refractivity contribution in [2.45, 2.75) is 71.3 Å². The predicted octanol–water partition coefficient (Wildman–Crippen LogP) is 3.69. The van der Waals surface area contributed by atoms with E-state index in [1.807, 2.05) is 0 Å². The molecule has 2 saturated heterocycles. The molecule has 0 aromatic rings. The normalized spacial score (nSPS) is 35.9. The number of fused-ring (bicyclic) bond motifs is 2. The number of nitrogens with zero attached hydrogens (tertiary/aromatic N) is 2. The van der Waals surface area contributed by atoms with E-state index < -0.39 is 9.84 Å². The highest BCUT2D eigenvalue weighted by Crippen LogP contribution is 2.44. The lowest BCUT2D eigenvalue weighted by Crippen LogP contribution is -2.47. The summed E-state index contributed by atoms with van der Waals surface area (Å²) in [4.78, 5) is 7.48. The number of nitrogens with one attached hydrogen (secondary N) is 1. The van der Waals surface area contributed by atoms with Gasteiger partial charge in [0.15, 0.2) is 15.8 Å². The molecular formula is C21H38IN3O2S. The number of rotatable bonds is 5. The number of hydrogen-bond donors (Lipinski definition) is 1. The minimum atomic E-state index is -2.82. The van der Waals surface area contributed by atoms with Crippen LogP contribution in [0, 0.1) is 23.2 Å². The van der Waals surface area contributed by atoms with Crippen LogP contribution in [0.25, 0.3) is 0 Å². The highest BCUT2D eigenvalue weighted by molar-refractivity contribution is 14.0. The van der Waals surface area contributed by atoms with Gasteiger partial charge in [-0.1, -0.05) is 20.3 Å². The van der Waals surface area contributed by atoms with Crippen LogP contribution in [0.5, 0.6) is 0 Å². The fraction of sp³-hybridized carbons (Fsp3) is 0.952. The van der Waals surface area contributed by atoms with E-state index in [4.69, 9.17) is 4.99 Å². The molecule has 2 saturated carbocycles. The molecular weight excluding hydrogens is 485 g/mol. The second kappa shape index (κ2) is 8.98. The third kappa shape index (κ3) is 4.81. The Morgan fingerprint density at radius 3 is 2.50 bits per heavy atom. The molecule has 162 valence electrons. The van der Waals surface area contributed by atoms with Gasteiger partial charge >= 0.3 is 0 Å². The molecule has 2 bridgehead atoms. The summed E-state index contributed by atoms with van der Waals surface area (Å²) in [6.07, 6.45) is 9.93. The van der Waals surface area contributed by atoms with Crippen molar-refractivity contribution in [1.29, 1.82) is 0 Å². The van der Waals surface area contributed by atoms with Gasteiger partial charge in [-0.3, -0.25) is 4.99 Å². The Morgan fingerprint density at radius 1 is 1.18 bits per heavy atom. The van der Waals surface area contributed by atoms with Gasteiger partial charge in [-0.2, -0.15) is 0 Å². The molecule has 0 radical (unpaired) electrons. The van der Waals surface area contributed by atoms with Gasteiger partial charge in [0.2, 0.25) is 0 Å². The molecule has 2 aliphatic carbocycles. The van der Waals surface area contributed by atoms with Gasteiger partial charge in [-0.25, -0.2) is 8.42 Å². The molecule has 28 heavy (non-hydrogen) atoms. The Kier molecular flexibility index (Phi) is 7.26. The molecule has 4 rings (SSSR count). The molecule has 1 N–H and O–H groups in total. The first kappa shape index (κ1) is 22.6. The molecule has 0 aromatic heterocycles. The maximum atomic E-state index is 11.8. The van der Waals surface area contributed by atoms with Crippen molar-refractivity contribution in [3.8, 4) is 0 Å². The monoisotopic (exact) mass is 523 g/mol. The Hall–Kier alpha value is -0.0500. The predicted molar refractivity (Wildman–Crippen MR) is 126 cm³/mol. The molecule has 4 unspecified atom stereocenters. The number of hydrogen-bond acceptors (Lipinski definition) is 3. The molecule has 4 aliphatic rings. The zero-order valence-electron chi connectivity index (χ0n) is 17.5. The number of halogens is 1. The fourth-order valence-corrected chi connectivity index (χ4v) is 7.85.